The lowest BCUT2D eigenvalue weighted by Crippen LogP contribution is -2.15. The molecule has 0 bridgehead atoms. The molecule has 0 radical (unpaired) electrons. The average Bonchev–Trinajstić information content (AvgIpc) is 2.46. The Hall–Kier alpha value is -0.860. The van der Waals surface area contributed by atoms with Crippen molar-refractivity contribution >= 4 is 0 Å². The molecule has 0 amide bonds. The normalized spacial score (nSPS) is 22.0. The highest BCUT2D eigenvalue weighted by Gasteiger charge is 2.21. The Labute approximate surface area is 79.1 Å². The number of rotatable bonds is 1. The van der Waals surface area contributed by atoms with E-state index in [9.17, 15) is 0 Å². The van der Waals surface area contributed by atoms with E-state index in [1.165, 1.54) is 17.8 Å². The van der Waals surface area contributed by atoms with Gasteiger partial charge >= 0.3 is 0 Å². The largest absolute Gasteiger partial charge is 0.247 e. The Morgan fingerprint density at radius 1 is 1.46 bits per heavy atom. The quantitative estimate of drug-likeness (QED) is 0.660. The molecular weight excluding hydrogens is 162 g/mol. The molecule has 1 heterocycles. The van der Waals surface area contributed by atoms with Crippen molar-refractivity contribution < 1.29 is 0 Å². The van der Waals surface area contributed by atoms with Gasteiger partial charge < -0.3 is 0 Å². The summed E-state index contributed by atoms with van der Waals surface area (Å²) in [6, 6.07) is 0.449. The fourth-order valence-corrected chi connectivity index (χ4v) is 1.99. The number of fused-ring (bicyclic) bond motifs is 1. The van der Waals surface area contributed by atoms with Crippen LogP contribution >= 0.6 is 0 Å². The molecule has 13 heavy (non-hydrogen) atoms. The lowest BCUT2D eigenvalue weighted by atomic mass is 9.91. The third kappa shape index (κ3) is 1.47. The van der Waals surface area contributed by atoms with Gasteiger partial charge in [0.2, 0.25) is 0 Å². The highest BCUT2D eigenvalue weighted by atomic mass is 15.4. The van der Waals surface area contributed by atoms with Crippen LogP contribution in [0.4, 0.5) is 0 Å². The maximum atomic E-state index is 4.24. The zero-order valence-electron chi connectivity index (χ0n) is 8.62. The van der Waals surface area contributed by atoms with E-state index in [1.807, 2.05) is 0 Å². The molecule has 1 atom stereocenters. The lowest BCUT2D eigenvalue weighted by molar-refractivity contribution is 0.452. The van der Waals surface area contributed by atoms with E-state index in [0.717, 1.165) is 18.8 Å². The molecule has 1 aliphatic carbocycles. The van der Waals surface area contributed by atoms with Gasteiger partial charge in [-0.1, -0.05) is 12.1 Å². The second-order valence-corrected chi connectivity index (χ2v) is 4.37. The Morgan fingerprint density at radius 2 is 2.23 bits per heavy atom. The SMILES string of the molecule is CC1CCc2c(nnn2C(C)C)C1. The number of hydrogen-bond acceptors (Lipinski definition) is 2. The van der Waals surface area contributed by atoms with Crippen molar-refractivity contribution in [3.05, 3.63) is 11.4 Å². The zero-order chi connectivity index (χ0) is 9.42. The van der Waals surface area contributed by atoms with Gasteiger partial charge in [-0.3, -0.25) is 0 Å². The predicted octanol–water partition coefficient (Wildman–Crippen LogP) is 1.98. The second-order valence-electron chi connectivity index (χ2n) is 4.37. The summed E-state index contributed by atoms with van der Waals surface area (Å²) in [4.78, 5) is 0. The minimum absolute atomic E-state index is 0.449. The third-order valence-electron chi connectivity index (χ3n) is 2.78. The summed E-state index contributed by atoms with van der Waals surface area (Å²) in [7, 11) is 0. The molecule has 1 unspecified atom stereocenters. The Kier molecular flexibility index (Phi) is 2.10. The number of aromatic nitrogens is 3. The van der Waals surface area contributed by atoms with Crippen LogP contribution in [0.25, 0.3) is 0 Å². The molecule has 1 aliphatic rings. The van der Waals surface area contributed by atoms with Gasteiger partial charge in [0.05, 0.1) is 11.4 Å². The van der Waals surface area contributed by atoms with Gasteiger partial charge in [0, 0.05) is 6.04 Å². The zero-order valence-corrected chi connectivity index (χ0v) is 8.62. The molecule has 72 valence electrons. The van der Waals surface area contributed by atoms with Gasteiger partial charge in [0.25, 0.3) is 0 Å². The first kappa shape index (κ1) is 8.73. The summed E-state index contributed by atoms with van der Waals surface area (Å²) in [5, 5.41) is 8.44. The molecule has 0 fully saturated rings. The second kappa shape index (κ2) is 3.13. The van der Waals surface area contributed by atoms with Crippen LogP contribution in [-0.4, -0.2) is 15.0 Å². The minimum Gasteiger partial charge on any atom is -0.247 e. The van der Waals surface area contributed by atoms with Crippen molar-refractivity contribution in [2.75, 3.05) is 0 Å². The van der Waals surface area contributed by atoms with Crippen LogP contribution in [0.3, 0.4) is 0 Å². The van der Waals surface area contributed by atoms with E-state index in [1.54, 1.807) is 0 Å². The first-order valence-corrected chi connectivity index (χ1v) is 5.11. The summed E-state index contributed by atoms with van der Waals surface area (Å²) in [6.45, 7) is 6.61. The van der Waals surface area contributed by atoms with Crippen LogP contribution in [0, 0.1) is 5.92 Å². The van der Waals surface area contributed by atoms with E-state index < -0.39 is 0 Å². The molecule has 2 rings (SSSR count). The predicted molar refractivity (Wildman–Crippen MR) is 51.6 cm³/mol. The standard InChI is InChI=1S/C10H17N3/c1-7(2)13-10-5-4-8(3)6-9(10)11-12-13/h7-8H,4-6H2,1-3H3. The van der Waals surface area contributed by atoms with Gasteiger partial charge in [-0.15, -0.1) is 5.10 Å². The Balaban J connectivity index is 2.33. The Morgan fingerprint density at radius 3 is 2.92 bits per heavy atom. The summed E-state index contributed by atoms with van der Waals surface area (Å²) in [5.41, 5.74) is 2.60. The van der Waals surface area contributed by atoms with Gasteiger partial charge in [0.15, 0.2) is 0 Å². The molecule has 0 aromatic carbocycles. The van der Waals surface area contributed by atoms with Crippen LogP contribution in [0.1, 0.15) is 44.6 Å². The molecule has 0 spiro atoms. The first-order valence-electron chi connectivity index (χ1n) is 5.11. The van der Waals surface area contributed by atoms with Crippen LogP contribution in [-0.2, 0) is 12.8 Å². The van der Waals surface area contributed by atoms with Crippen LogP contribution in [0.5, 0.6) is 0 Å². The highest BCUT2D eigenvalue weighted by Crippen LogP contribution is 2.24. The average molecular weight is 179 g/mol. The number of nitrogens with zero attached hydrogens (tertiary/aromatic N) is 3. The van der Waals surface area contributed by atoms with Crippen molar-refractivity contribution in [1.82, 2.24) is 15.0 Å². The smallest absolute Gasteiger partial charge is 0.0861 e. The molecular formula is C10H17N3. The summed E-state index contributed by atoms with van der Waals surface area (Å²) >= 11 is 0. The fourth-order valence-electron chi connectivity index (χ4n) is 1.99. The van der Waals surface area contributed by atoms with Crippen molar-refractivity contribution in [3.8, 4) is 0 Å². The summed E-state index contributed by atoms with van der Waals surface area (Å²) < 4.78 is 2.07. The van der Waals surface area contributed by atoms with Gasteiger partial charge in [0.1, 0.15) is 0 Å². The molecule has 0 N–H and O–H groups in total. The van der Waals surface area contributed by atoms with Crippen LogP contribution < -0.4 is 0 Å². The van der Waals surface area contributed by atoms with Crippen LogP contribution in [0.2, 0.25) is 0 Å². The molecule has 1 aromatic heterocycles. The topological polar surface area (TPSA) is 30.7 Å². The summed E-state index contributed by atoms with van der Waals surface area (Å²) in [5.74, 6) is 0.782. The van der Waals surface area contributed by atoms with E-state index >= 15 is 0 Å². The molecule has 3 nitrogen and oxygen atoms in total. The number of hydrogen-bond donors (Lipinski definition) is 0. The van der Waals surface area contributed by atoms with E-state index in [0.29, 0.717) is 6.04 Å². The van der Waals surface area contributed by atoms with E-state index in [4.69, 9.17) is 0 Å². The third-order valence-corrected chi connectivity index (χ3v) is 2.78. The van der Waals surface area contributed by atoms with Crippen molar-refractivity contribution in [1.29, 1.82) is 0 Å². The molecule has 1 aromatic rings. The maximum Gasteiger partial charge on any atom is 0.0861 e. The molecule has 0 saturated carbocycles. The van der Waals surface area contributed by atoms with Gasteiger partial charge in [-0.25, -0.2) is 4.68 Å². The van der Waals surface area contributed by atoms with Crippen molar-refractivity contribution in [3.63, 3.8) is 0 Å². The van der Waals surface area contributed by atoms with E-state index in [-0.39, 0.29) is 0 Å². The maximum absolute atomic E-state index is 4.24. The highest BCUT2D eigenvalue weighted by molar-refractivity contribution is 5.14. The van der Waals surface area contributed by atoms with Crippen LogP contribution in [0.15, 0.2) is 0 Å². The molecule has 3 heteroatoms. The molecule has 0 saturated heterocycles. The summed E-state index contributed by atoms with van der Waals surface area (Å²) in [6.07, 6.45) is 3.55. The van der Waals surface area contributed by atoms with E-state index in [2.05, 4.69) is 35.8 Å². The van der Waals surface area contributed by atoms with Gasteiger partial charge in [-0.05, 0) is 39.0 Å². The fraction of sp³-hybridized carbons (Fsp3) is 0.800. The minimum atomic E-state index is 0.449. The molecule has 0 aliphatic heterocycles. The van der Waals surface area contributed by atoms with Crippen molar-refractivity contribution in [2.24, 2.45) is 5.92 Å². The first-order chi connectivity index (χ1) is 6.18. The Bertz CT molecular complexity index is 301. The monoisotopic (exact) mass is 179 g/mol. The van der Waals surface area contributed by atoms with Gasteiger partial charge in [-0.2, -0.15) is 0 Å². The lowest BCUT2D eigenvalue weighted by Gasteiger charge is -2.18. The van der Waals surface area contributed by atoms with Crippen molar-refractivity contribution in [2.45, 2.75) is 46.1 Å².